The third kappa shape index (κ3) is 2.89. The second-order valence-corrected chi connectivity index (χ2v) is 5.44. The van der Waals surface area contributed by atoms with Gasteiger partial charge >= 0.3 is 0 Å². The number of nitrogens with zero attached hydrogens (tertiary/aromatic N) is 1. The van der Waals surface area contributed by atoms with Crippen molar-refractivity contribution in [3.63, 3.8) is 0 Å². The Morgan fingerprint density at radius 2 is 2.16 bits per heavy atom. The summed E-state index contributed by atoms with van der Waals surface area (Å²) < 4.78 is 0. The van der Waals surface area contributed by atoms with Gasteiger partial charge in [0.15, 0.2) is 0 Å². The van der Waals surface area contributed by atoms with Gasteiger partial charge in [0.05, 0.1) is 0 Å². The third-order valence-corrected chi connectivity index (χ3v) is 3.95. The zero-order valence-electron chi connectivity index (χ0n) is 11.6. The van der Waals surface area contributed by atoms with Crippen molar-refractivity contribution in [3.8, 4) is 0 Å². The van der Waals surface area contributed by atoms with Gasteiger partial charge in [-0.1, -0.05) is 6.07 Å². The fourth-order valence-electron chi connectivity index (χ4n) is 2.71. The van der Waals surface area contributed by atoms with E-state index in [0.29, 0.717) is 17.2 Å². The largest absolute Gasteiger partial charge is 0.398 e. The Balaban J connectivity index is 2.15. The molecule has 2 rings (SSSR count). The molecule has 0 radical (unpaired) electrons. The molecule has 1 atom stereocenters. The van der Waals surface area contributed by atoms with Crippen molar-refractivity contribution in [1.82, 2.24) is 4.90 Å². The molecule has 4 nitrogen and oxygen atoms in total. The van der Waals surface area contributed by atoms with Gasteiger partial charge in [0.2, 0.25) is 0 Å². The first-order chi connectivity index (χ1) is 9.02. The fourth-order valence-corrected chi connectivity index (χ4v) is 2.71. The number of carbonyl (C=O) groups is 1. The number of nitrogens with two attached hydrogens (primary N) is 1. The third-order valence-electron chi connectivity index (χ3n) is 3.95. The van der Waals surface area contributed by atoms with Crippen LogP contribution in [0, 0.1) is 19.8 Å². The van der Waals surface area contributed by atoms with Crippen LogP contribution in [0.15, 0.2) is 12.1 Å². The summed E-state index contributed by atoms with van der Waals surface area (Å²) in [7, 11) is 0. The Hall–Kier alpha value is -1.55. The molecule has 1 saturated heterocycles. The molecule has 1 unspecified atom stereocenters. The molecule has 0 spiro atoms. The average Bonchev–Trinajstić information content (AvgIpc) is 2.82. The maximum atomic E-state index is 12.5. The summed E-state index contributed by atoms with van der Waals surface area (Å²) >= 11 is 0. The van der Waals surface area contributed by atoms with Crippen LogP contribution in [0.4, 0.5) is 5.69 Å². The minimum atomic E-state index is 0.0599. The number of hydrogen-bond donors (Lipinski definition) is 2. The van der Waals surface area contributed by atoms with Gasteiger partial charge in [0.25, 0.3) is 5.91 Å². The number of likely N-dealkylation sites (tertiary alicyclic amines) is 1. The maximum absolute atomic E-state index is 12.5. The first-order valence-electron chi connectivity index (χ1n) is 6.79. The number of aliphatic hydroxyl groups is 1. The number of rotatable bonds is 3. The minimum Gasteiger partial charge on any atom is -0.398 e. The van der Waals surface area contributed by atoms with Gasteiger partial charge in [-0.05, 0) is 49.8 Å². The summed E-state index contributed by atoms with van der Waals surface area (Å²) in [4.78, 5) is 14.4. The highest BCUT2D eigenvalue weighted by Gasteiger charge is 2.27. The average molecular weight is 262 g/mol. The predicted octanol–water partition coefficient (Wildman–Crippen LogP) is 1.73. The molecule has 1 fully saturated rings. The Morgan fingerprint density at radius 1 is 1.42 bits per heavy atom. The van der Waals surface area contributed by atoms with E-state index < -0.39 is 0 Å². The van der Waals surface area contributed by atoms with E-state index in [2.05, 4.69) is 0 Å². The maximum Gasteiger partial charge on any atom is 0.254 e. The summed E-state index contributed by atoms with van der Waals surface area (Å²) in [6.07, 6.45) is 1.76. The van der Waals surface area contributed by atoms with E-state index in [1.54, 1.807) is 6.07 Å². The highest BCUT2D eigenvalue weighted by molar-refractivity contribution is 5.96. The normalized spacial score (nSPS) is 18.9. The number of carbonyl (C=O) groups excluding carboxylic acids is 1. The van der Waals surface area contributed by atoms with Crippen LogP contribution in [-0.4, -0.2) is 35.6 Å². The molecule has 0 saturated carbocycles. The number of anilines is 1. The molecule has 4 heteroatoms. The van der Waals surface area contributed by atoms with Crippen LogP contribution in [-0.2, 0) is 0 Å². The van der Waals surface area contributed by atoms with E-state index in [1.807, 2.05) is 24.8 Å². The van der Waals surface area contributed by atoms with E-state index >= 15 is 0 Å². The quantitative estimate of drug-likeness (QED) is 0.815. The number of aryl methyl sites for hydroxylation is 2. The molecule has 1 aromatic carbocycles. The van der Waals surface area contributed by atoms with Gasteiger partial charge in [-0.15, -0.1) is 0 Å². The van der Waals surface area contributed by atoms with Crippen LogP contribution < -0.4 is 5.73 Å². The van der Waals surface area contributed by atoms with Gasteiger partial charge in [-0.3, -0.25) is 4.79 Å². The molecular formula is C15H22N2O2. The SMILES string of the molecule is Cc1cc(C)c(C(=O)N2CCC(CCO)C2)cc1N. The Labute approximate surface area is 114 Å². The molecule has 0 aromatic heterocycles. The first kappa shape index (κ1) is 13.9. The van der Waals surface area contributed by atoms with E-state index in [9.17, 15) is 4.79 Å². The molecule has 0 bridgehead atoms. The summed E-state index contributed by atoms with van der Waals surface area (Å²) in [6, 6.07) is 3.75. The van der Waals surface area contributed by atoms with E-state index in [-0.39, 0.29) is 12.5 Å². The second-order valence-electron chi connectivity index (χ2n) is 5.44. The van der Waals surface area contributed by atoms with Crippen molar-refractivity contribution in [3.05, 3.63) is 28.8 Å². The van der Waals surface area contributed by atoms with Crippen LogP contribution in [0.5, 0.6) is 0 Å². The molecule has 104 valence electrons. The van der Waals surface area contributed by atoms with Crippen molar-refractivity contribution in [2.24, 2.45) is 5.92 Å². The number of hydrogen-bond acceptors (Lipinski definition) is 3. The highest BCUT2D eigenvalue weighted by atomic mass is 16.3. The van der Waals surface area contributed by atoms with E-state index in [0.717, 1.165) is 37.1 Å². The van der Waals surface area contributed by atoms with Crippen LogP contribution in [0.2, 0.25) is 0 Å². The van der Waals surface area contributed by atoms with Gasteiger partial charge in [0.1, 0.15) is 0 Å². The molecular weight excluding hydrogens is 240 g/mol. The summed E-state index contributed by atoms with van der Waals surface area (Å²) in [6.45, 7) is 5.61. The zero-order chi connectivity index (χ0) is 14.0. The van der Waals surface area contributed by atoms with Crippen molar-refractivity contribution >= 4 is 11.6 Å². The monoisotopic (exact) mass is 262 g/mol. The number of aliphatic hydroxyl groups excluding tert-OH is 1. The lowest BCUT2D eigenvalue weighted by molar-refractivity contribution is 0.0784. The minimum absolute atomic E-state index is 0.0599. The fraction of sp³-hybridized carbons (Fsp3) is 0.533. The Kier molecular flexibility index (Phi) is 4.10. The van der Waals surface area contributed by atoms with Gasteiger partial charge < -0.3 is 15.7 Å². The molecule has 3 N–H and O–H groups in total. The lowest BCUT2D eigenvalue weighted by Crippen LogP contribution is -2.29. The molecule has 1 amide bonds. The molecule has 1 heterocycles. The van der Waals surface area contributed by atoms with E-state index in [4.69, 9.17) is 10.8 Å². The van der Waals surface area contributed by atoms with Crippen LogP contribution in [0.25, 0.3) is 0 Å². The number of amides is 1. The smallest absolute Gasteiger partial charge is 0.254 e. The summed E-state index contributed by atoms with van der Waals surface area (Å²) in [5, 5.41) is 8.96. The van der Waals surface area contributed by atoms with Gasteiger partial charge in [-0.25, -0.2) is 0 Å². The lowest BCUT2D eigenvalue weighted by Gasteiger charge is -2.18. The topological polar surface area (TPSA) is 66.6 Å². The first-order valence-corrected chi connectivity index (χ1v) is 6.79. The van der Waals surface area contributed by atoms with Crippen molar-refractivity contribution < 1.29 is 9.90 Å². The second kappa shape index (κ2) is 5.61. The standard InChI is InChI=1S/C15H22N2O2/c1-10-7-11(2)14(16)8-13(10)15(19)17-5-3-12(9-17)4-6-18/h7-8,12,18H,3-6,9,16H2,1-2H3. The molecule has 1 aromatic rings. The lowest BCUT2D eigenvalue weighted by atomic mass is 10.0. The zero-order valence-corrected chi connectivity index (χ0v) is 11.6. The van der Waals surface area contributed by atoms with Crippen LogP contribution >= 0.6 is 0 Å². The summed E-state index contributed by atoms with van der Waals surface area (Å²) in [5.74, 6) is 0.488. The number of nitrogen functional groups attached to an aromatic ring is 1. The highest BCUT2D eigenvalue weighted by Crippen LogP contribution is 2.24. The molecule has 1 aliphatic heterocycles. The molecule has 0 aliphatic carbocycles. The summed E-state index contributed by atoms with van der Waals surface area (Å²) in [5.41, 5.74) is 9.25. The number of benzene rings is 1. The Bertz CT molecular complexity index is 485. The van der Waals surface area contributed by atoms with Gasteiger partial charge in [-0.2, -0.15) is 0 Å². The van der Waals surface area contributed by atoms with Crippen molar-refractivity contribution in [2.75, 3.05) is 25.4 Å². The van der Waals surface area contributed by atoms with Crippen LogP contribution in [0.3, 0.4) is 0 Å². The van der Waals surface area contributed by atoms with E-state index in [1.165, 1.54) is 0 Å². The van der Waals surface area contributed by atoms with Crippen LogP contribution in [0.1, 0.15) is 34.3 Å². The molecule has 19 heavy (non-hydrogen) atoms. The predicted molar refractivity (Wildman–Crippen MR) is 76.0 cm³/mol. The Morgan fingerprint density at radius 3 is 2.84 bits per heavy atom. The van der Waals surface area contributed by atoms with Crippen molar-refractivity contribution in [2.45, 2.75) is 26.7 Å². The van der Waals surface area contributed by atoms with Gasteiger partial charge in [0, 0.05) is 30.9 Å². The van der Waals surface area contributed by atoms with Crippen molar-refractivity contribution in [1.29, 1.82) is 0 Å². The molecule has 1 aliphatic rings.